The third-order valence-electron chi connectivity index (χ3n) is 2.22. The second-order valence-electron chi connectivity index (χ2n) is 3.57. The molecule has 0 atom stereocenters. The molecule has 0 amide bonds. The molecule has 6 heteroatoms. The van der Waals surface area contributed by atoms with E-state index in [0.29, 0.717) is 11.8 Å². The minimum absolute atomic E-state index is 0.332. The Kier molecular flexibility index (Phi) is 3.66. The Balaban J connectivity index is 2.14. The molecule has 2 rings (SSSR count). The SMILES string of the molecule is CCNCc1ccncc1Oc1ncn(C)n1. The minimum atomic E-state index is 0.332. The summed E-state index contributed by atoms with van der Waals surface area (Å²) in [6.45, 7) is 3.70. The highest BCUT2D eigenvalue weighted by atomic mass is 16.5. The van der Waals surface area contributed by atoms with E-state index < -0.39 is 0 Å². The van der Waals surface area contributed by atoms with Crippen molar-refractivity contribution in [1.82, 2.24) is 25.1 Å². The predicted octanol–water partition coefficient (Wildman–Crippen LogP) is 1.11. The van der Waals surface area contributed by atoms with E-state index in [1.165, 1.54) is 0 Å². The van der Waals surface area contributed by atoms with Crippen LogP contribution in [0.25, 0.3) is 0 Å². The molecule has 0 unspecified atom stereocenters. The standard InChI is InChI=1S/C11H15N5O/c1-3-12-6-9-4-5-13-7-10(9)17-11-14-8-16(2)15-11/h4-5,7-8,12H,3,6H2,1-2H3. The summed E-state index contributed by atoms with van der Waals surface area (Å²) >= 11 is 0. The van der Waals surface area contributed by atoms with Crippen molar-refractivity contribution >= 4 is 0 Å². The Bertz CT molecular complexity index is 482. The molecule has 0 saturated carbocycles. The molecule has 2 heterocycles. The Morgan fingerprint density at radius 3 is 3.06 bits per heavy atom. The Labute approximate surface area is 99.7 Å². The van der Waals surface area contributed by atoms with Crippen LogP contribution in [0.4, 0.5) is 0 Å². The molecule has 1 N–H and O–H groups in total. The van der Waals surface area contributed by atoms with Crippen LogP contribution < -0.4 is 10.1 Å². The summed E-state index contributed by atoms with van der Waals surface area (Å²) in [4.78, 5) is 8.06. The number of nitrogens with zero attached hydrogens (tertiary/aromatic N) is 4. The molecule has 2 aromatic rings. The van der Waals surface area contributed by atoms with E-state index in [0.717, 1.165) is 18.7 Å². The van der Waals surface area contributed by atoms with E-state index in [2.05, 4.69) is 27.3 Å². The zero-order chi connectivity index (χ0) is 12.1. The van der Waals surface area contributed by atoms with Gasteiger partial charge in [-0.25, -0.2) is 0 Å². The number of aromatic nitrogens is 4. The lowest BCUT2D eigenvalue weighted by molar-refractivity contribution is 0.430. The van der Waals surface area contributed by atoms with Gasteiger partial charge in [0.1, 0.15) is 6.33 Å². The molecule has 0 saturated heterocycles. The summed E-state index contributed by atoms with van der Waals surface area (Å²) < 4.78 is 7.17. The van der Waals surface area contributed by atoms with Crippen LogP contribution in [0, 0.1) is 0 Å². The Morgan fingerprint density at radius 2 is 2.35 bits per heavy atom. The lowest BCUT2D eigenvalue weighted by Gasteiger charge is -2.07. The predicted molar refractivity (Wildman–Crippen MR) is 62.7 cm³/mol. The summed E-state index contributed by atoms with van der Waals surface area (Å²) in [5.41, 5.74) is 1.04. The topological polar surface area (TPSA) is 64.9 Å². The van der Waals surface area contributed by atoms with Crippen LogP contribution in [0.3, 0.4) is 0 Å². The lowest BCUT2D eigenvalue weighted by atomic mass is 10.2. The van der Waals surface area contributed by atoms with Gasteiger partial charge in [-0.1, -0.05) is 6.92 Å². The van der Waals surface area contributed by atoms with E-state index in [-0.39, 0.29) is 0 Å². The second-order valence-corrected chi connectivity index (χ2v) is 3.57. The molecular weight excluding hydrogens is 218 g/mol. The molecule has 90 valence electrons. The fourth-order valence-electron chi connectivity index (χ4n) is 1.37. The molecule has 6 nitrogen and oxygen atoms in total. The number of hydrogen-bond acceptors (Lipinski definition) is 5. The largest absolute Gasteiger partial charge is 0.421 e. The molecule has 0 aliphatic rings. The molecule has 0 radical (unpaired) electrons. The summed E-state index contributed by atoms with van der Waals surface area (Å²) in [7, 11) is 1.79. The van der Waals surface area contributed by atoms with Crippen LogP contribution in [0.1, 0.15) is 12.5 Å². The van der Waals surface area contributed by atoms with Crippen molar-refractivity contribution in [2.24, 2.45) is 7.05 Å². The van der Waals surface area contributed by atoms with Gasteiger partial charge in [-0.3, -0.25) is 9.67 Å². The number of pyridine rings is 1. The van der Waals surface area contributed by atoms with E-state index in [1.807, 2.05) is 6.07 Å². The molecule has 0 aromatic carbocycles. The normalized spacial score (nSPS) is 10.5. The van der Waals surface area contributed by atoms with Crippen LogP contribution in [-0.2, 0) is 13.6 Å². The van der Waals surface area contributed by atoms with Gasteiger partial charge in [-0.05, 0) is 12.6 Å². The Hall–Kier alpha value is -1.95. The molecule has 0 bridgehead atoms. The number of nitrogens with one attached hydrogen (secondary N) is 1. The lowest BCUT2D eigenvalue weighted by Crippen LogP contribution is -2.12. The van der Waals surface area contributed by atoms with Gasteiger partial charge in [0.2, 0.25) is 0 Å². The van der Waals surface area contributed by atoms with Crippen molar-refractivity contribution in [1.29, 1.82) is 0 Å². The van der Waals surface area contributed by atoms with Gasteiger partial charge in [0.15, 0.2) is 5.75 Å². The highest BCUT2D eigenvalue weighted by Crippen LogP contribution is 2.21. The third kappa shape index (κ3) is 3.01. The van der Waals surface area contributed by atoms with E-state index in [4.69, 9.17) is 4.74 Å². The molecular formula is C11H15N5O. The van der Waals surface area contributed by atoms with Crippen molar-refractivity contribution in [2.75, 3.05) is 6.54 Å². The summed E-state index contributed by atoms with van der Waals surface area (Å²) in [5.74, 6) is 0.680. The molecule has 0 aliphatic heterocycles. The maximum atomic E-state index is 5.58. The first-order chi connectivity index (χ1) is 8.29. The average Bonchev–Trinajstić information content (AvgIpc) is 2.74. The fraction of sp³-hybridized carbons (Fsp3) is 0.364. The van der Waals surface area contributed by atoms with Crippen molar-refractivity contribution in [3.05, 3.63) is 30.4 Å². The summed E-state index contributed by atoms with van der Waals surface area (Å²) in [6.07, 6.45) is 5.00. The third-order valence-corrected chi connectivity index (χ3v) is 2.22. The zero-order valence-corrected chi connectivity index (χ0v) is 9.92. The summed E-state index contributed by atoms with van der Waals surface area (Å²) in [6, 6.07) is 2.25. The number of hydrogen-bond donors (Lipinski definition) is 1. The first kappa shape index (κ1) is 11.5. The van der Waals surface area contributed by atoms with Crippen LogP contribution in [0.5, 0.6) is 11.8 Å². The van der Waals surface area contributed by atoms with E-state index in [1.54, 1.807) is 30.5 Å². The van der Waals surface area contributed by atoms with Crippen molar-refractivity contribution < 1.29 is 4.74 Å². The van der Waals surface area contributed by atoms with E-state index >= 15 is 0 Å². The van der Waals surface area contributed by atoms with Crippen LogP contribution in [0.2, 0.25) is 0 Å². The average molecular weight is 233 g/mol. The van der Waals surface area contributed by atoms with Gasteiger partial charge < -0.3 is 10.1 Å². The molecule has 0 fully saturated rings. The highest BCUT2D eigenvalue weighted by Gasteiger charge is 2.07. The maximum Gasteiger partial charge on any atom is 0.341 e. The summed E-state index contributed by atoms with van der Waals surface area (Å²) in [5, 5.41) is 7.30. The molecule has 0 spiro atoms. The monoisotopic (exact) mass is 233 g/mol. The van der Waals surface area contributed by atoms with Crippen molar-refractivity contribution in [3.63, 3.8) is 0 Å². The smallest absolute Gasteiger partial charge is 0.341 e. The quantitative estimate of drug-likeness (QED) is 0.838. The molecule has 17 heavy (non-hydrogen) atoms. The Morgan fingerprint density at radius 1 is 1.47 bits per heavy atom. The first-order valence-corrected chi connectivity index (χ1v) is 5.46. The maximum absolute atomic E-state index is 5.58. The highest BCUT2D eigenvalue weighted by molar-refractivity contribution is 5.31. The first-order valence-electron chi connectivity index (χ1n) is 5.46. The van der Waals surface area contributed by atoms with Gasteiger partial charge in [0.05, 0.1) is 6.20 Å². The second kappa shape index (κ2) is 5.40. The van der Waals surface area contributed by atoms with Gasteiger partial charge in [0.25, 0.3) is 0 Å². The minimum Gasteiger partial charge on any atom is -0.421 e. The van der Waals surface area contributed by atoms with Crippen LogP contribution in [0.15, 0.2) is 24.8 Å². The van der Waals surface area contributed by atoms with Gasteiger partial charge >= 0.3 is 6.01 Å². The van der Waals surface area contributed by atoms with Crippen LogP contribution >= 0.6 is 0 Å². The number of rotatable bonds is 5. The van der Waals surface area contributed by atoms with Crippen LogP contribution in [-0.4, -0.2) is 26.3 Å². The molecule has 2 aromatic heterocycles. The van der Waals surface area contributed by atoms with Gasteiger partial charge in [-0.15, -0.1) is 5.10 Å². The zero-order valence-electron chi connectivity index (χ0n) is 9.92. The number of ether oxygens (including phenoxy) is 1. The van der Waals surface area contributed by atoms with Gasteiger partial charge in [-0.2, -0.15) is 4.98 Å². The van der Waals surface area contributed by atoms with Crippen molar-refractivity contribution in [2.45, 2.75) is 13.5 Å². The van der Waals surface area contributed by atoms with Crippen molar-refractivity contribution in [3.8, 4) is 11.8 Å². The van der Waals surface area contributed by atoms with E-state index in [9.17, 15) is 0 Å². The van der Waals surface area contributed by atoms with Gasteiger partial charge in [0, 0.05) is 25.4 Å². The number of aryl methyl sites for hydroxylation is 1. The fourth-order valence-corrected chi connectivity index (χ4v) is 1.37. The molecule has 0 aliphatic carbocycles.